The third kappa shape index (κ3) is 1.67. The minimum atomic E-state index is -0.0666. The Bertz CT molecular complexity index is 358. The van der Waals surface area contributed by atoms with Crippen LogP contribution in [0.5, 0.6) is 0 Å². The van der Waals surface area contributed by atoms with Crippen molar-refractivity contribution < 1.29 is 0 Å². The van der Waals surface area contributed by atoms with E-state index in [0.29, 0.717) is 0 Å². The van der Waals surface area contributed by atoms with Crippen LogP contribution in [-0.2, 0) is 12.8 Å². The standard InChI is InChI=1S/C11H14N2S/c1-2-9-7-14-10(13-9)6-11(8-12)4-3-5-11/h7H,2-6H2,1H3. The molecule has 0 radical (unpaired) electrons. The molecule has 0 aromatic carbocycles. The molecule has 1 aliphatic rings. The van der Waals surface area contributed by atoms with Crippen LogP contribution in [0.2, 0.25) is 0 Å². The zero-order valence-electron chi connectivity index (χ0n) is 8.42. The van der Waals surface area contributed by atoms with Gasteiger partial charge in [0.05, 0.1) is 22.2 Å². The summed E-state index contributed by atoms with van der Waals surface area (Å²) in [6, 6.07) is 2.46. The SMILES string of the molecule is CCc1csc(CC2(C#N)CCC2)n1. The highest BCUT2D eigenvalue weighted by Gasteiger charge is 2.37. The molecule has 0 atom stereocenters. The second kappa shape index (κ2) is 3.70. The van der Waals surface area contributed by atoms with Gasteiger partial charge in [0.25, 0.3) is 0 Å². The first-order valence-electron chi connectivity index (χ1n) is 5.12. The van der Waals surface area contributed by atoms with E-state index in [2.05, 4.69) is 23.4 Å². The number of hydrogen-bond acceptors (Lipinski definition) is 3. The molecule has 2 rings (SSSR count). The lowest BCUT2D eigenvalue weighted by atomic mass is 9.68. The molecule has 2 nitrogen and oxygen atoms in total. The highest BCUT2D eigenvalue weighted by atomic mass is 32.1. The van der Waals surface area contributed by atoms with Crippen LogP contribution < -0.4 is 0 Å². The lowest BCUT2D eigenvalue weighted by molar-refractivity contribution is 0.214. The Labute approximate surface area is 88.6 Å². The fraction of sp³-hybridized carbons (Fsp3) is 0.636. The highest BCUT2D eigenvalue weighted by molar-refractivity contribution is 7.09. The summed E-state index contributed by atoms with van der Waals surface area (Å²) in [5.41, 5.74) is 1.10. The third-order valence-electron chi connectivity index (χ3n) is 3.00. The predicted molar refractivity (Wildman–Crippen MR) is 57.1 cm³/mol. The maximum absolute atomic E-state index is 9.09. The van der Waals surface area contributed by atoms with Crippen molar-refractivity contribution in [3.8, 4) is 6.07 Å². The van der Waals surface area contributed by atoms with Crippen LogP contribution in [-0.4, -0.2) is 4.98 Å². The molecule has 0 amide bonds. The van der Waals surface area contributed by atoms with Gasteiger partial charge in [-0.25, -0.2) is 4.98 Å². The van der Waals surface area contributed by atoms with Crippen LogP contribution in [0.1, 0.15) is 36.9 Å². The van der Waals surface area contributed by atoms with Gasteiger partial charge < -0.3 is 0 Å². The molecular weight excluding hydrogens is 192 g/mol. The molecule has 1 aromatic rings. The van der Waals surface area contributed by atoms with Gasteiger partial charge in [-0.3, -0.25) is 0 Å². The van der Waals surface area contributed by atoms with Crippen molar-refractivity contribution in [2.45, 2.75) is 39.0 Å². The molecule has 0 unspecified atom stereocenters. The van der Waals surface area contributed by atoms with Gasteiger partial charge in [-0.15, -0.1) is 11.3 Å². The minimum absolute atomic E-state index is 0.0666. The highest BCUT2D eigenvalue weighted by Crippen LogP contribution is 2.43. The number of aryl methyl sites for hydroxylation is 1. The van der Waals surface area contributed by atoms with Crippen molar-refractivity contribution in [3.05, 3.63) is 16.1 Å². The Morgan fingerprint density at radius 3 is 2.86 bits per heavy atom. The lowest BCUT2D eigenvalue weighted by Crippen LogP contribution is -2.29. The van der Waals surface area contributed by atoms with Gasteiger partial charge in [0, 0.05) is 11.8 Å². The monoisotopic (exact) mass is 206 g/mol. The van der Waals surface area contributed by atoms with Crippen LogP contribution in [0.15, 0.2) is 5.38 Å². The number of hydrogen-bond donors (Lipinski definition) is 0. The number of nitrogens with zero attached hydrogens (tertiary/aromatic N) is 2. The number of rotatable bonds is 3. The lowest BCUT2D eigenvalue weighted by Gasteiger charge is -2.34. The number of nitriles is 1. The van der Waals surface area contributed by atoms with Crippen LogP contribution in [0.4, 0.5) is 0 Å². The average molecular weight is 206 g/mol. The first-order chi connectivity index (χ1) is 6.78. The van der Waals surface area contributed by atoms with E-state index in [0.717, 1.165) is 36.4 Å². The summed E-state index contributed by atoms with van der Waals surface area (Å²) in [5.74, 6) is 0. The molecule has 1 saturated carbocycles. The maximum Gasteiger partial charge on any atom is 0.0944 e. The second-order valence-corrected chi connectivity index (χ2v) is 4.95. The molecule has 1 aromatic heterocycles. The summed E-state index contributed by atoms with van der Waals surface area (Å²) >= 11 is 1.70. The molecule has 0 N–H and O–H groups in total. The third-order valence-corrected chi connectivity index (χ3v) is 3.90. The van der Waals surface area contributed by atoms with Gasteiger partial charge in [-0.2, -0.15) is 5.26 Å². The van der Waals surface area contributed by atoms with Crippen LogP contribution in [0.3, 0.4) is 0 Å². The van der Waals surface area contributed by atoms with E-state index >= 15 is 0 Å². The summed E-state index contributed by atoms with van der Waals surface area (Å²) in [5, 5.41) is 12.3. The van der Waals surface area contributed by atoms with Crippen molar-refractivity contribution in [2.24, 2.45) is 5.41 Å². The molecule has 0 aliphatic heterocycles. The number of aromatic nitrogens is 1. The Balaban J connectivity index is 2.07. The summed E-state index contributed by atoms with van der Waals surface area (Å²) in [6.45, 7) is 2.11. The second-order valence-electron chi connectivity index (χ2n) is 4.01. The summed E-state index contributed by atoms with van der Waals surface area (Å²) in [4.78, 5) is 4.51. The molecule has 0 spiro atoms. The Morgan fingerprint density at radius 2 is 2.43 bits per heavy atom. The predicted octanol–water partition coefficient (Wildman–Crippen LogP) is 2.94. The zero-order valence-corrected chi connectivity index (χ0v) is 9.23. The first-order valence-corrected chi connectivity index (χ1v) is 6.00. The van der Waals surface area contributed by atoms with E-state index in [-0.39, 0.29) is 5.41 Å². The van der Waals surface area contributed by atoms with E-state index in [1.165, 1.54) is 6.42 Å². The van der Waals surface area contributed by atoms with Gasteiger partial charge in [-0.1, -0.05) is 13.3 Å². The summed E-state index contributed by atoms with van der Waals surface area (Å²) < 4.78 is 0. The van der Waals surface area contributed by atoms with Gasteiger partial charge >= 0.3 is 0 Å². The maximum atomic E-state index is 9.09. The quantitative estimate of drug-likeness (QED) is 0.762. The van der Waals surface area contributed by atoms with E-state index in [9.17, 15) is 0 Å². The van der Waals surface area contributed by atoms with E-state index in [4.69, 9.17) is 5.26 Å². The molecule has 1 heterocycles. The molecule has 14 heavy (non-hydrogen) atoms. The molecule has 1 aliphatic carbocycles. The molecule has 1 fully saturated rings. The largest absolute Gasteiger partial charge is 0.246 e. The zero-order chi connectivity index (χ0) is 10.0. The fourth-order valence-electron chi connectivity index (χ4n) is 1.81. The molecule has 3 heteroatoms. The molecular formula is C11H14N2S. The van der Waals surface area contributed by atoms with Crippen molar-refractivity contribution >= 4 is 11.3 Å². The van der Waals surface area contributed by atoms with Crippen LogP contribution >= 0.6 is 11.3 Å². The average Bonchev–Trinajstić information content (AvgIpc) is 2.59. The summed E-state index contributed by atoms with van der Waals surface area (Å²) in [6.07, 6.45) is 5.19. The van der Waals surface area contributed by atoms with Gasteiger partial charge in [-0.05, 0) is 19.3 Å². The van der Waals surface area contributed by atoms with Crippen molar-refractivity contribution in [2.75, 3.05) is 0 Å². The van der Waals surface area contributed by atoms with E-state index < -0.39 is 0 Å². The molecule has 0 saturated heterocycles. The minimum Gasteiger partial charge on any atom is -0.246 e. The van der Waals surface area contributed by atoms with Crippen LogP contribution in [0.25, 0.3) is 0 Å². The first kappa shape index (κ1) is 9.67. The Morgan fingerprint density at radius 1 is 1.64 bits per heavy atom. The topological polar surface area (TPSA) is 36.7 Å². The van der Waals surface area contributed by atoms with E-state index in [1.54, 1.807) is 11.3 Å². The van der Waals surface area contributed by atoms with Crippen LogP contribution in [0, 0.1) is 16.7 Å². The fourth-order valence-corrected chi connectivity index (χ4v) is 2.83. The normalized spacial score (nSPS) is 18.6. The van der Waals surface area contributed by atoms with Gasteiger partial charge in [0.2, 0.25) is 0 Å². The molecule has 74 valence electrons. The van der Waals surface area contributed by atoms with Gasteiger partial charge in [0.15, 0.2) is 0 Å². The summed E-state index contributed by atoms with van der Waals surface area (Å²) in [7, 11) is 0. The van der Waals surface area contributed by atoms with E-state index in [1.807, 2.05) is 0 Å². The Hall–Kier alpha value is -0.880. The smallest absolute Gasteiger partial charge is 0.0944 e. The van der Waals surface area contributed by atoms with Gasteiger partial charge in [0.1, 0.15) is 0 Å². The van der Waals surface area contributed by atoms with Crippen molar-refractivity contribution in [3.63, 3.8) is 0 Å². The van der Waals surface area contributed by atoms with Crippen molar-refractivity contribution in [1.29, 1.82) is 5.26 Å². The van der Waals surface area contributed by atoms with Crippen molar-refractivity contribution in [1.82, 2.24) is 4.98 Å². The number of thiazole rings is 1. The Kier molecular flexibility index (Phi) is 2.56. The molecule has 0 bridgehead atoms.